The van der Waals surface area contributed by atoms with Crippen molar-refractivity contribution in [2.24, 2.45) is 11.7 Å². The Morgan fingerprint density at radius 3 is 2.61 bits per heavy atom. The molecule has 1 unspecified atom stereocenters. The van der Waals surface area contributed by atoms with Crippen LogP contribution in [-0.2, 0) is 0 Å². The van der Waals surface area contributed by atoms with E-state index >= 15 is 0 Å². The van der Waals surface area contributed by atoms with Crippen LogP contribution in [0.15, 0.2) is 18.2 Å². The van der Waals surface area contributed by atoms with E-state index in [9.17, 15) is 13.6 Å². The zero-order valence-corrected chi connectivity index (χ0v) is 10.0. The predicted molar refractivity (Wildman–Crippen MR) is 64.0 cm³/mol. The van der Waals surface area contributed by atoms with Gasteiger partial charge >= 0.3 is 0 Å². The van der Waals surface area contributed by atoms with Crippen LogP contribution in [-0.4, -0.2) is 30.4 Å². The van der Waals surface area contributed by atoms with Gasteiger partial charge in [-0.05, 0) is 37.4 Å². The number of benzene rings is 1. The van der Waals surface area contributed by atoms with Crippen LogP contribution in [0.2, 0.25) is 0 Å². The van der Waals surface area contributed by atoms with E-state index in [-0.39, 0.29) is 11.5 Å². The highest BCUT2D eigenvalue weighted by molar-refractivity contribution is 5.94. The monoisotopic (exact) mass is 254 g/mol. The third-order valence-electron chi connectivity index (χ3n) is 3.26. The second-order valence-corrected chi connectivity index (χ2v) is 4.64. The van der Waals surface area contributed by atoms with Crippen molar-refractivity contribution in [1.29, 1.82) is 0 Å². The van der Waals surface area contributed by atoms with Crippen molar-refractivity contribution < 1.29 is 13.6 Å². The van der Waals surface area contributed by atoms with Gasteiger partial charge in [-0.25, -0.2) is 8.78 Å². The van der Waals surface area contributed by atoms with Gasteiger partial charge in [0.25, 0.3) is 5.91 Å². The largest absolute Gasteiger partial charge is 0.338 e. The molecule has 1 aromatic rings. The Bertz CT molecular complexity index is 430. The van der Waals surface area contributed by atoms with E-state index in [0.29, 0.717) is 25.6 Å². The normalized spacial score (nSPS) is 19.3. The lowest BCUT2D eigenvalue weighted by Gasteiger charge is -2.16. The van der Waals surface area contributed by atoms with E-state index in [1.165, 1.54) is 0 Å². The van der Waals surface area contributed by atoms with Crippen molar-refractivity contribution in [1.82, 2.24) is 4.90 Å². The molecule has 2 N–H and O–H groups in total. The standard InChI is InChI=1S/C13H16F2N2O/c14-11-5-10(6-12(15)7-11)13(18)17-4-2-9(8-17)1-3-16/h5-7,9H,1-4,8,16H2. The summed E-state index contributed by atoms with van der Waals surface area (Å²) < 4.78 is 26.1. The second-order valence-electron chi connectivity index (χ2n) is 4.64. The maximum absolute atomic E-state index is 13.0. The SMILES string of the molecule is NCCC1CCN(C(=O)c2cc(F)cc(F)c2)C1. The summed E-state index contributed by atoms with van der Waals surface area (Å²) in [6.45, 7) is 1.84. The Labute approximate surface area is 105 Å². The van der Waals surface area contributed by atoms with Crippen molar-refractivity contribution in [2.75, 3.05) is 19.6 Å². The molecule has 5 heteroatoms. The predicted octanol–water partition coefficient (Wildman–Crippen LogP) is 1.78. The number of amides is 1. The molecule has 18 heavy (non-hydrogen) atoms. The van der Waals surface area contributed by atoms with Gasteiger partial charge in [0.05, 0.1) is 0 Å². The molecule has 0 aromatic heterocycles. The minimum atomic E-state index is -0.726. The molecule has 0 bridgehead atoms. The quantitative estimate of drug-likeness (QED) is 0.893. The molecule has 1 heterocycles. The molecule has 1 aromatic carbocycles. The second kappa shape index (κ2) is 5.44. The van der Waals surface area contributed by atoms with Gasteiger partial charge in [0.15, 0.2) is 0 Å². The molecule has 2 rings (SSSR count). The summed E-state index contributed by atoms with van der Waals surface area (Å²) in [6.07, 6.45) is 1.78. The summed E-state index contributed by atoms with van der Waals surface area (Å²) in [5.41, 5.74) is 5.55. The van der Waals surface area contributed by atoms with Gasteiger partial charge in [0.1, 0.15) is 11.6 Å². The third kappa shape index (κ3) is 2.85. The van der Waals surface area contributed by atoms with Crippen LogP contribution >= 0.6 is 0 Å². The molecule has 1 aliphatic rings. The number of carbonyl (C=O) groups is 1. The van der Waals surface area contributed by atoms with Gasteiger partial charge < -0.3 is 10.6 Å². The average Bonchev–Trinajstić information content (AvgIpc) is 2.76. The third-order valence-corrected chi connectivity index (χ3v) is 3.26. The minimum absolute atomic E-state index is 0.0703. The van der Waals surface area contributed by atoms with Crippen LogP contribution in [0.4, 0.5) is 8.78 Å². The number of halogens is 2. The van der Waals surface area contributed by atoms with E-state index in [0.717, 1.165) is 31.0 Å². The fourth-order valence-electron chi connectivity index (χ4n) is 2.35. The van der Waals surface area contributed by atoms with E-state index in [1.54, 1.807) is 4.90 Å². The molecule has 1 amide bonds. The molecular formula is C13H16F2N2O. The van der Waals surface area contributed by atoms with Crippen molar-refractivity contribution >= 4 is 5.91 Å². The lowest BCUT2D eigenvalue weighted by molar-refractivity contribution is 0.0785. The fourth-order valence-corrected chi connectivity index (χ4v) is 2.35. The Hall–Kier alpha value is -1.49. The zero-order chi connectivity index (χ0) is 13.1. The number of nitrogens with zero attached hydrogens (tertiary/aromatic N) is 1. The Morgan fingerprint density at radius 2 is 2.00 bits per heavy atom. The highest BCUT2D eigenvalue weighted by Gasteiger charge is 2.26. The Kier molecular flexibility index (Phi) is 3.91. The summed E-state index contributed by atoms with van der Waals surface area (Å²) >= 11 is 0. The number of rotatable bonds is 3. The summed E-state index contributed by atoms with van der Waals surface area (Å²) in [7, 11) is 0. The van der Waals surface area contributed by atoms with Crippen molar-refractivity contribution in [3.63, 3.8) is 0 Å². The summed E-state index contributed by atoms with van der Waals surface area (Å²) in [4.78, 5) is 13.7. The van der Waals surface area contributed by atoms with Crippen LogP contribution in [0.3, 0.4) is 0 Å². The minimum Gasteiger partial charge on any atom is -0.338 e. The lowest BCUT2D eigenvalue weighted by Crippen LogP contribution is -2.29. The van der Waals surface area contributed by atoms with E-state index in [2.05, 4.69) is 0 Å². The molecule has 0 radical (unpaired) electrons. The van der Waals surface area contributed by atoms with Gasteiger partial charge in [0, 0.05) is 24.7 Å². The van der Waals surface area contributed by atoms with Gasteiger partial charge in [0.2, 0.25) is 0 Å². The van der Waals surface area contributed by atoms with Crippen LogP contribution in [0.25, 0.3) is 0 Å². The number of hydrogen-bond acceptors (Lipinski definition) is 2. The van der Waals surface area contributed by atoms with Gasteiger partial charge in [-0.1, -0.05) is 0 Å². The molecule has 1 aliphatic heterocycles. The number of likely N-dealkylation sites (tertiary alicyclic amines) is 1. The van der Waals surface area contributed by atoms with E-state index in [1.807, 2.05) is 0 Å². The topological polar surface area (TPSA) is 46.3 Å². The maximum atomic E-state index is 13.0. The molecule has 0 spiro atoms. The molecular weight excluding hydrogens is 238 g/mol. The summed E-state index contributed by atoms with van der Waals surface area (Å²) in [5, 5.41) is 0. The summed E-state index contributed by atoms with van der Waals surface area (Å²) in [5.74, 6) is -1.36. The van der Waals surface area contributed by atoms with Crippen molar-refractivity contribution in [3.8, 4) is 0 Å². The first kappa shape index (κ1) is 13.0. The first-order chi connectivity index (χ1) is 8.60. The number of carbonyl (C=O) groups excluding carboxylic acids is 1. The highest BCUT2D eigenvalue weighted by Crippen LogP contribution is 2.21. The van der Waals surface area contributed by atoms with Crippen LogP contribution in [0, 0.1) is 17.6 Å². The fraction of sp³-hybridized carbons (Fsp3) is 0.462. The molecule has 0 aliphatic carbocycles. The van der Waals surface area contributed by atoms with Crippen molar-refractivity contribution in [3.05, 3.63) is 35.4 Å². The molecule has 3 nitrogen and oxygen atoms in total. The first-order valence-electron chi connectivity index (χ1n) is 6.05. The van der Waals surface area contributed by atoms with Crippen LogP contribution in [0.5, 0.6) is 0 Å². The summed E-state index contributed by atoms with van der Waals surface area (Å²) in [6, 6.07) is 2.90. The van der Waals surface area contributed by atoms with Gasteiger partial charge in [-0.2, -0.15) is 0 Å². The number of hydrogen-bond donors (Lipinski definition) is 1. The number of nitrogens with two attached hydrogens (primary N) is 1. The molecule has 98 valence electrons. The Morgan fingerprint density at radius 1 is 1.33 bits per heavy atom. The molecule has 1 atom stereocenters. The van der Waals surface area contributed by atoms with Gasteiger partial charge in [-0.3, -0.25) is 4.79 Å². The van der Waals surface area contributed by atoms with Crippen molar-refractivity contribution in [2.45, 2.75) is 12.8 Å². The zero-order valence-electron chi connectivity index (χ0n) is 10.0. The Balaban J connectivity index is 2.08. The maximum Gasteiger partial charge on any atom is 0.254 e. The molecule has 1 fully saturated rings. The first-order valence-corrected chi connectivity index (χ1v) is 6.05. The van der Waals surface area contributed by atoms with E-state index in [4.69, 9.17) is 5.73 Å². The van der Waals surface area contributed by atoms with Crippen LogP contribution < -0.4 is 5.73 Å². The highest BCUT2D eigenvalue weighted by atomic mass is 19.1. The average molecular weight is 254 g/mol. The lowest BCUT2D eigenvalue weighted by atomic mass is 10.1. The van der Waals surface area contributed by atoms with Gasteiger partial charge in [-0.15, -0.1) is 0 Å². The van der Waals surface area contributed by atoms with E-state index < -0.39 is 11.6 Å². The smallest absolute Gasteiger partial charge is 0.254 e. The van der Waals surface area contributed by atoms with Crippen LogP contribution in [0.1, 0.15) is 23.2 Å². The molecule has 1 saturated heterocycles. The molecule has 0 saturated carbocycles.